The monoisotopic (exact) mass is 261 g/mol. The Morgan fingerprint density at radius 2 is 2.37 bits per heavy atom. The molecule has 3 rings (SSSR count). The van der Waals surface area contributed by atoms with Crippen LogP contribution >= 0.6 is 0 Å². The fourth-order valence-electron chi connectivity index (χ4n) is 2.92. The lowest BCUT2D eigenvalue weighted by molar-refractivity contribution is -0.141. The SMILES string of the molecule is O=C(O)C1CCN(CCc2ccc3c(c2)CCO3)C1. The maximum absolute atomic E-state index is 10.9. The maximum atomic E-state index is 10.9. The van der Waals surface area contributed by atoms with Gasteiger partial charge in [-0.3, -0.25) is 4.79 Å². The largest absolute Gasteiger partial charge is 0.493 e. The molecule has 0 amide bonds. The van der Waals surface area contributed by atoms with Crippen LogP contribution in [0.3, 0.4) is 0 Å². The van der Waals surface area contributed by atoms with E-state index in [0.29, 0.717) is 6.54 Å². The maximum Gasteiger partial charge on any atom is 0.307 e. The molecule has 4 nitrogen and oxygen atoms in total. The van der Waals surface area contributed by atoms with Crippen molar-refractivity contribution in [3.05, 3.63) is 29.3 Å². The van der Waals surface area contributed by atoms with Crippen LogP contribution in [0.2, 0.25) is 0 Å². The van der Waals surface area contributed by atoms with Crippen molar-refractivity contribution in [2.75, 3.05) is 26.2 Å². The fourth-order valence-corrected chi connectivity index (χ4v) is 2.92. The second-order valence-corrected chi connectivity index (χ2v) is 5.41. The van der Waals surface area contributed by atoms with Gasteiger partial charge in [-0.2, -0.15) is 0 Å². The molecule has 2 heterocycles. The van der Waals surface area contributed by atoms with Crippen LogP contribution in [-0.2, 0) is 17.6 Å². The minimum absolute atomic E-state index is 0.173. The van der Waals surface area contributed by atoms with E-state index in [1.165, 1.54) is 11.1 Å². The Kier molecular flexibility index (Phi) is 3.42. The van der Waals surface area contributed by atoms with Crippen molar-refractivity contribution < 1.29 is 14.6 Å². The van der Waals surface area contributed by atoms with E-state index in [1.54, 1.807) is 0 Å². The zero-order valence-electron chi connectivity index (χ0n) is 11.0. The highest BCUT2D eigenvalue weighted by atomic mass is 16.5. The molecule has 1 saturated heterocycles. The summed E-state index contributed by atoms with van der Waals surface area (Å²) < 4.78 is 5.50. The van der Waals surface area contributed by atoms with E-state index in [-0.39, 0.29) is 5.92 Å². The number of carbonyl (C=O) groups is 1. The number of rotatable bonds is 4. The van der Waals surface area contributed by atoms with Gasteiger partial charge in [0.1, 0.15) is 5.75 Å². The summed E-state index contributed by atoms with van der Waals surface area (Å²) in [6.07, 6.45) is 2.78. The normalized spacial score (nSPS) is 22.2. The van der Waals surface area contributed by atoms with E-state index in [1.807, 2.05) is 0 Å². The first kappa shape index (κ1) is 12.5. The number of ether oxygens (including phenoxy) is 1. The van der Waals surface area contributed by atoms with Crippen molar-refractivity contribution >= 4 is 5.97 Å². The fraction of sp³-hybridized carbons (Fsp3) is 0.533. The van der Waals surface area contributed by atoms with Crippen LogP contribution in [0, 0.1) is 5.92 Å². The third-order valence-corrected chi connectivity index (χ3v) is 4.09. The average molecular weight is 261 g/mol. The molecule has 0 radical (unpaired) electrons. The molecule has 1 aromatic rings. The summed E-state index contributed by atoms with van der Waals surface area (Å²) in [5, 5.41) is 8.98. The highest BCUT2D eigenvalue weighted by Crippen LogP contribution is 2.26. The van der Waals surface area contributed by atoms with Crippen LogP contribution in [-0.4, -0.2) is 42.2 Å². The average Bonchev–Trinajstić information content (AvgIpc) is 3.04. The lowest BCUT2D eigenvalue weighted by atomic mass is 10.1. The zero-order chi connectivity index (χ0) is 13.2. The standard InChI is InChI=1S/C15H19NO3/c17-15(18)13-4-7-16(10-13)6-3-11-1-2-14-12(9-11)5-8-19-14/h1-2,9,13H,3-8,10H2,(H,17,18). The summed E-state index contributed by atoms with van der Waals surface area (Å²) in [6.45, 7) is 3.35. The van der Waals surface area contributed by atoms with Crippen molar-refractivity contribution in [2.45, 2.75) is 19.3 Å². The Balaban J connectivity index is 1.54. The highest BCUT2D eigenvalue weighted by Gasteiger charge is 2.27. The van der Waals surface area contributed by atoms with Gasteiger partial charge in [-0.05, 0) is 36.6 Å². The van der Waals surface area contributed by atoms with Crippen LogP contribution in [0.4, 0.5) is 0 Å². The van der Waals surface area contributed by atoms with E-state index in [9.17, 15) is 4.79 Å². The Bertz CT molecular complexity index is 486. The molecule has 0 aliphatic carbocycles. The molecule has 1 fully saturated rings. The van der Waals surface area contributed by atoms with E-state index < -0.39 is 5.97 Å². The van der Waals surface area contributed by atoms with Crippen molar-refractivity contribution in [3.8, 4) is 5.75 Å². The Morgan fingerprint density at radius 1 is 1.47 bits per heavy atom. The molecule has 2 aliphatic rings. The van der Waals surface area contributed by atoms with E-state index in [0.717, 1.165) is 44.7 Å². The van der Waals surface area contributed by atoms with Gasteiger partial charge in [0, 0.05) is 19.5 Å². The molecule has 102 valence electrons. The third-order valence-electron chi connectivity index (χ3n) is 4.09. The Labute approximate surface area is 113 Å². The molecule has 1 aromatic carbocycles. The number of aliphatic carboxylic acids is 1. The van der Waals surface area contributed by atoms with Crippen molar-refractivity contribution in [1.29, 1.82) is 0 Å². The Morgan fingerprint density at radius 3 is 3.16 bits per heavy atom. The number of hydrogen-bond donors (Lipinski definition) is 1. The summed E-state index contributed by atoms with van der Waals surface area (Å²) >= 11 is 0. The topological polar surface area (TPSA) is 49.8 Å². The molecule has 0 spiro atoms. The van der Waals surface area contributed by atoms with E-state index in [2.05, 4.69) is 23.1 Å². The second-order valence-electron chi connectivity index (χ2n) is 5.41. The summed E-state index contributed by atoms with van der Waals surface area (Å²) in [5.74, 6) is 0.196. The number of carboxylic acid groups (broad SMARTS) is 1. The molecular formula is C15H19NO3. The minimum atomic E-state index is -0.655. The number of fused-ring (bicyclic) bond motifs is 1. The highest BCUT2D eigenvalue weighted by molar-refractivity contribution is 5.70. The predicted octanol–water partition coefficient (Wildman–Crippen LogP) is 1.57. The van der Waals surface area contributed by atoms with Gasteiger partial charge in [0.2, 0.25) is 0 Å². The van der Waals surface area contributed by atoms with Crippen LogP contribution in [0.1, 0.15) is 17.5 Å². The van der Waals surface area contributed by atoms with Gasteiger partial charge in [0.05, 0.1) is 12.5 Å². The molecule has 2 aliphatic heterocycles. The third kappa shape index (κ3) is 2.73. The number of hydrogen-bond acceptors (Lipinski definition) is 3. The van der Waals surface area contributed by atoms with Crippen LogP contribution in [0.25, 0.3) is 0 Å². The van der Waals surface area contributed by atoms with Crippen molar-refractivity contribution in [1.82, 2.24) is 4.90 Å². The first-order chi connectivity index (χ1) is 9.22. The lowest BCUT2D eigenvalue weighted by Gasteiger charge is -2.15. The van der Waals surface area contributed by atoms with Crippen LogP contribution < -0.4 is 4.74 Å². The van der Waals surface area contributed by atoms with Crippen LogP contribution in [0.15, 0.2) is 18.2 Å². The first-order valence-corrected chi connectivity index (χ1v) is 6.92. The lowest BCUT2D eigenvalue weighted by Crippen LogP contribution is -2.25. The molecular weight excluding hydrogens is 242 g/mol. The van der Waals surface area contributed by atoms with Crippen LogP contribution in [0.5, 0.6) is 5.75 Å². The number of benzene rings is 1. The molecule has 1 N–H and O–H groups in total. The molecule has 1 atom stereocenters. The van der Waals surface area contributed by atoms with E-state index in [4.69, 9.17) is 9.84 Å². The van der Waals surface area contributed by atoms with Gasteiger partial charge in [-0.15, -0.1) is 0 Å². The molecule has 0 bridgehead atoms. The van der Waals surface area contributed by atoms with Crippen molar-refractivity contribution in [2.24, 2.45) is 5.92 Å². The molecule has 1 unspecified atom stereocenters. The van der Waals surface area contributed by atoms with Gasteiger partial charge in [0.25, 0.3) is 0 Å². The predicted molar refractivity (Wildman–Crippen MR) is 71.5 cm³/mol. The van der Waals surface area contributed by atoms with Gasteiger partial charge >= 0.3 is 5.97 Å². The summed E-state index contributed by atoms with van der Waals surface area (Å²) in [4.78, 5) is 13.2. The first-order valence-electron chi connectivity index (χ1n) is 6.92. The number of carboxylic acids is 1. The zero-order valence-corrected chi connectivity index (χ0v) is 11.0. The second kappa shape index (κ2) is 5.21. The van der Waals surface area contributed by atoms with Crippen molar-refractivity contribution in [3.63, 3.8) is 0 Å². The molecule has 4 heteroatoms. The Hall–Kier alpha value is -1.55. The van der Waals surface area contributed by atoms with Gasteiger partial charge in [0.15, 0.2) is 0 Å². The van der Waals surface area contributed by atoms with E-state index >= 15 is 0 Å². The minimum Gasteiger partial charge on any atom is -0.493 e. The van der Waals surface area contributed by atoms with Gasteiger partial charge in [-0.1, -0.05) is 12.1 Å². The molecule has 19 heavy (non-hydrogen) atoms. The molecule has 0 aromatic heterocycles. The molecule has 0 saturated carbocycles. The summed E-state index contributed by atoms with van der Waals surface area (Å²) in [6, 6.07) is 6.41. The number of nitrogens with zero attached hydrogens (tertiary/aromatic N) is 1. The quantitative estimate of drug-likeness (QED) is 0.894. The smallest absolute Gasteiger partial charge is 0.307 e. The summed E-state index contributed by atoms with van der Waals surface area (Å²) in [5.41, 5.74) is 2.63. The van der Waals surface area contributed by atoms with Gasteiger partial charge < -0.3 is 14.7 Å². The number of likely N-dealkylation sites (tertiary alicyclic amines) is 1. The summed E-state index contributed by atoms with van der Waals surface area (Å²) in [7, 11) is 0. The van der Waals surface area contributed by atoms with Gasteiger partial charge in [-0.25, -0.2) is 0 Å².